The number of nitrogens with two attached hydrogens (primary N) is 1. The molecule has 5 heteroatoms. The summed E-state index contributed by atoms with van der Waals surface area (Å²) in [6, 6.07) is 0. The maximum atomic E-state index is 12.6. The zero-order valence-electron chi connectivity index (χ0n) is 12.9. The summed E-state index contributed by atoms with van der Waals surface area (Å²) in [5, 5.41) is 12.4. The van der Waals surface area contributed by atoms with E-state index in [4.69, 9.17) is 5.73 Å². The van der Waals surface area contributed by atoms with Gasteiger partial charge in [-0.2, -0.15) is 0 Å². The van der Waals surface area contributed by atoms with E-state index >= 15 is 0 Å². The van der Waals surface area contributed by atoms with Crippen LogP contribution in [0.1, 0.15) is 59.3 Å². The van der Waals surface area contributed by atoms with E-state index in [0.717, 1.165) is 12.8 Å². The largest absolute Gasteiger partial charge is 0.480 e. The second kappa shape index (κ2) is 6.57. The van der Waals surface area contributed by atoms with Gasteiger partial charge in [0.15, 0.2) is 0 Å². The molecular formula is C15H28N2O3. The fourth-order valence-corrected chi connectivity index (χ4v) is 3.21. The molecule has 0 aromatic heterocycles. The van der Waals surface area contributed by atoms with Crippen LogP contribution in [0.25, 0.3) is 0 Å². The highest BCUT2D eigenvalue weighted by atomic mass is 16.4. The molecule has 1 rings (SSSR count). The van der Waals surface area contributed by atoms with Crippen molar-refractivity contribution >= 4 is 11.9 Å². The molecule has 1 saturated carbocycles. The van der Waals surface area contributed by atoms with Gasteiger partial charge >= 0.3 is 5.97 Å². The molecule has 0 bridgehead atoms. The second-order valence-corrected chi connectivity index (χ2v) is 6.23. The Morgan fingerprint density at radius 2 is 2.00 bits per heavy atom. The van der Waals surface area contributed by atoms with Gasteiger partial charge in [-0.05, 0) is 31.6 Å². The molecule has 0 heterocycles. The van der Waals surface area contributed by atoms with E-state index in [9.17, 15) is 14.7 Å². The van der Waals surface area contributed by atoms with E-state index in [2.05, 4.69) is 5.32 Å². The van der Waals surface area contributed by atoms with Gasteiger partial charge in [-0.25, -0.2) is 4.79 Å². The topological polar surface area (TPSA) is 92.4 Å². The number of carboxylic acids is 1. The standard InChI is InChI=1S/C15H28N2O3/c1-4-14(5-2,10-16)12(18)17-15(13(19)20)8-6-7-11(3)9-15/h11H,4-10,16H2,1-3H3,(H,17,18)(H,19,20). The van der Waals surface area contributed by atoms with Crippen molar-refractivity contribution in [2.24, 2.45) is 17.1 Å². The van der Waals surface area contributed by atoms with Crippen LogP contribution in [0.2, 0.25) is 0 Å². The van der Waals surface area contributed by atoms with Gasteiger partial charge in [0.25, 0.3) is 0 Å². The number of carbonyl (C=O) groups excluding carboxylic acids is 1. The van der Waals surface area contributed by atoms with Crippen LogP contribution in [0, 0.1) is 11.3 Å². The van der Waals surface area contributed by atoms with Gasteiger partial charge < -0.3 is 16.2 Å². The highest BCUT2D eigenvalue weighted by molar-refractivity contribution is 5.90. The van der Waals surface area contributed by atoms with Gasteiger partial charge in [0.2, 0.25) is 5.91 Å². The predicted molar refractivity (Wildman–Crippen MR) is 78.2 cm³/mol. The van der Waals surface area contributed by atoms with Crippen molar-refractivity contribution in [3.63, 3.8) is 0 Å². The van der Waals surface area contributed by atoms with Crippen LogP contribution < -0.4 is 11.1 Å². The Bertz CT molecular complexity index is 358. The Morgan fingerprint density at radius 3 is 2.40 bits per heavy atom. The normalized spacial score (nSPS) is 27.1. The first-order valence-electron chi connectivity index (χ1n) is 7.62. The van der Waals surface area contributed by atoms with Crippen LogP contribution in [-0.2, 0) is 9.59 Å². The van der Waals surface area contributed by atoms with Crippen molar-refractivity contribution in [3.8, 4) is 0 Å². The monoisotopic (exact) mass is 284 g/mol. The minimum absolute atomic E-state index is 0.207. The summed E-state index contributed by atoms with van der Waals surface area (Å²) in [6.07, 6.45) is 4.11. The molecule has 1 amide bonds. The lowest BCUT2D eigenvalue weighted by atomic mass is 9.74. The summed E-state index contributed by atoms with van der Waals surface area (Å²) < 4.78 is 0. The summed E-state index contributed by atoms with van der Waals surface area (Å²) in [5.74, 6) is -0.812. The molecule has 0 saturated heterocycles. The van der Waals surface area contributed by atoms with Crippen LogP contribution in [0.4, 0.5) is 0 Å². The smallest absolute Gasteiger partial charge is 0.329 e. The fourth-order valence-electron chi connectivity index (χ4n) is 3.21. The molecule has 20 heavy (non-hydrogen) atoms. The number of aliphatic carboxylic acids is 1. The molecule has 2 atom stereocenters. The lowest BCUT2D eigenvalue weighted by Gasteiger charge is -2.40. The van der Waals surface area contributed by atoms with E-state index in [1.54, 1.807) is 0 Å². The molecule has 4 N–H and O–H groups in total. The quantitative estimate of drug-likeness (QED) is 0.694. The van der Waals surface area contributed by atoms with Gasteiger partial charge in [-0.3, -0.25) is 4.79 Å². The lowest BCUT2D eigenvalue weighted by Crippen LogP contribution is -2.60. The number of hydrogen-bond acceptors (Lipinski definition) is 3. The maximum absolute atomic E-state index is 12.6. The molecule has 1 aliphatic carbocycles. The number of hydrogen-bond donors (Lipinski definition) is 3. The minimum atomic E-state index is -1.11. The minimum Gasteiger partial charge on any atom is -0.480 e. The first-order valence-corrected chi connectivity index (χ1v) is 7.62. The van der Waals surface area contributed by atoms with Crippen molar-refractivity contribution in [3.05, 3.63) is 0 Å². The molecule has 0 spiro atoms. The highest BCUT2D eigenvalue weighted by Crippen LogP contribution is 2.34. The molecule has 0 radical (unpaired) electrons. The molecule has 2 unspecified atom stereocenters. The lowest BCUT2D eigenvalue weighted by molar-refractivity contribution is -0.152. The Hall–Kier alpha value is -1.10. The van der Waals surface area contributed by atoms with Gasteiger partial charge in [-0.1, -0.05) is 33.6 Å². The molecular weight excluding hydrogens is 256 g/mol. The van der Waals surface area contributed by atoms with Crippen LogP contribution in [0.5, 0.6) is 0 Å². The molecule has 0 aliphatic heterocycles. The average Bonchev–Trinajstić information content (AvgIpc) is 2.41. The fraction of sp³-hybridized carbons (Fsp3) is 0.867. The van der Waals surface area contributed by atoms with Crippen molar-refractivity contribution in [1.82, 2.24) is 5.32 Å². The predicted octanol–water partition coefficient (Wildman–Crippen LogP) is 1.90. The first kappa shape index (κ1) is 17.0. The summed E-state index contributed by atoms with van der Waals surface area (Å²) in [5.41, 5.74) is 4.01. The van der Waals surface area contributed by atoms with Crippen LogP contribution in [-0.4, -0.2) is 29.1 Å². The zero-order chi connectivity index (χ0) is 15.4. The van der Waals surface area contributed by atoms with Crippen LogP contribution in [0.3, 0.4) is 0 Å². The average molecular weight is 284 g/mol. The SMILES string of the molecule is CCC(CC)(CN)C(=O)NC1(C(=O)O)CCCC(C)C1. The second-order valence-electron chi connectivity index (χ2n) is 6.23. The molecule has 116 valence electrons. The van der Waals surface area contributed by atoms with Crippen molar-refractivity contribution < 1.29 is 14.7 Å². The summed E-state index contributed by atoms with van der Waals surface area (Å²) in [7, 11) is 0. The highest BCUT2D eigenvalue weighted by Gasteiger charge is 2.46. The Kier molecular flexibility index (Phi) is 5.57. The van der Waals surface area contributed by atoms with Gasteiger partial charge in [0, 0.05) is 6.54 Å². The number of rotatable bonds is 6. The maximum Gasteiger partial charge on any atom is 0.329 e. The molecule has 0 aromatic rings. The van der Waals surface area contributed by atoms with Crippen LogP contribution in [0.15, 0.2) is 0 Å². The van der Waals surface area contributed by atoms with Gasteiger partial charge in [-0.15, -0.1) is 0 Å². The summed E-state index contributed by atoms with van der Waals surface area (Å²) in [6.45, 7) is 6.13. The Balaban J connectivity index is 2.96. The number of nitrogens with one attached hydrogen (secondary N) is 1. The van der Waals surface area contributed by atoms with E-state index in [0.29, 0.717) is 31.6 Å². The molecule has 0 aromatic carbocycles. The van der Waals surface area contributed by atoms with Crippen molar-refractivity contribution in [2.45, 2.75) is 64.8 Å². The van der Waals surface area contributed by atoms with Crippen molar-refractivity contribution in [2.75, 3.05) is 6.54 Å². The molecule has 1 aliphatic rings. The third-order valence-electron chi connectivity index (χ3n) is 4.99. The van der Waals surface area contributed by atoms with Crippen LogP contribution >= 0.6 is 0 Å². The van der Waals surface area contributed by atoms with E-state index in [1.807, 2.05) is 20.8 Å². The summed E-state index contributed by atoms with van der Waals surface area (Å²) >= 11 is 0. The Morgan fingerprint density at radius 1 is 1.40 bits per heavy atom. The third kappa shape index (κ3) is 3.14. The number of carbonyl (C=O) groups is 2. The van der Waals surface area contributed by atoms with E-state index in [-0.39, 0.29) is 12.5 Å². The molecule has 1 fully saturated rings. The number of amides is 1. The van der Waals surface area contributed by atoms with E-state index < -0.39 is 16.9 Å². The first-order chi connectivity index (χ1) is 9.35. The molecule has 5 nitrogen and oxygen atoms in total. The van der Waals surface area contributed by atoms with Gasteiger partial charge in [0.05, 0.1) is 5.41 Å². The Labute approximate surface area is 121 Å². The summed E-state index contributed by atoms with van der Waals surface area (Å²) in [4.78, 5) is 24.3. The third-order valence-corrected chi connectivity index (χ3v) is 4.99. The van der Waals surface area contributed by atoms with Crippen molar-refractivity contribution in [1.29, 1.82) is 0 Å². The zero-order valence-corrected chi connectivity index (χ0v) is 12.9. The van der Waals surface area contributed by atoms with E-state index in [1.165, 1.54) is 0 Å². The van der Waals surface area contributed by atoms with Gasteiger partial charge in [0.1, 0.15) is 5.54 Å². The number of carboxylic acid groups (broad SMARTS) is 1.